The van der Waals surface area contributed by atoms with Gasteiger partial charge in [0.25, 0.3) is 0 Å². The summed E-state index contributed by atoms with van der Waals surface area (Å²) in [5, 5.41) is 7.20. The van der Waals surface area contributed by atoms with Gasteiger partial charge in [-0.15, -0.1) is 11.3 Å². The average molecular weight is 644 g/mol. The molecule has 0 N–H and O–H groups in total. The monoisotopic (exact) mass is 643 g/mol. The first-order valence-electron chi connectivity index (χ1n) is 16.6. The molecule has 230 valence electrons. The minimum atomic E-state index is 0.865. The molecule has 2 aromatic heterocycles. The third kappa shape index (κ3) is 4.55. The fraction of sp³-hybridized carbons (Fsp3) is 0. The van der Waals surface area contributed by atoms with Crippen LogP contribution in [-0.2, 0) is 0 Å². The molecule has 3 heteroatoms. The fourth-order valence-electron chi connectivity index (χ4n) is 7.36. The van der Waals surface area contributed by atoms with Gasteiger partial charge in [0, 0.05) is 47.8 Å². The summed E-state index contributed by atoms with van der Waals surface area (Å²) in [6, 6.07) is 63.2. The minimum Gasteiger partial charge on any atom is -0.453 e. The van der Waals surface area contributed by atoms with Gasteiger partial charge in [-0.05, 0) is 64.4 Å². The number of nitrogens with zero attached hydrogens (tertiary/aromatic N) is 1. The van der Waals surface area contributed by atoms with Crippen LogP contribution in [0.5, 0.6) is 0 Å². The molecule has 10 aromatic rings. The Morgan fingerprint density at radius 2 is 1.06 bits per heavy atom. The summed E-state index contributed by atoms with van der Waals surface area (Å²) in [5.74, 6) is 0. The third-order valence-electron chi connectivity index (χ3n) is 9.65. The van der Waals surface area contributed by atoms with Gasteiger partial charge < -0.3 is 9.32 Å². The Bertz CT molecular complexity index is 2840. The number of hydrogen-bond donors (Lipinski definition) is 0. The van der Waals surface area contributed by atoms with Gasteiger partial charge in [-0.1, -0.05) is 133 Å². The normalized spacial score (nSPS) is 11.7. The Morgan fingerprint density at radius 1 is 0.388 bits per heavy atom. The highest BCUT2D eigenvalue weighted by atomic mass is 32.1. The number of thiophene rings is 1. The summed E-state index contributed by atoms with van der Waals surface area (Å²) in [4.78, 5) is 2.39. The summed E-state index contributed by atoms with van der Waals surface area (Å²) in [6.45, 7) is 0. The van der Waals surface area contributed by atoms with Crippen molar-refractivity contribution in [2.45, 2.75) is 0 Å². The van der Waals surface area contributed by atoms with E-state index in [0.29, 0.717) is 0 Å². The van der Waals surface area contributed by atoms with Crippen molar-refractivity contribution in [2.75, 3.05) is 4.90 Å². The predicted molar refractivity (Wildman–Crippen MR) is 210 cm³/mol. The van der Waals surface area contributed by atoms with Gasteiger partial charge in [0.1, 0.15) is 5.58 Å². The first-order chi connectivity index (χ1) is 24.3. The standard InChI is InChI=1S/C46H29NOS/c1-2-13-31(14-3-1)36-18-10-19-38-39-20-11-22-42(46(39)48-45(36)38)47(34-26-27-44-40(29-34)37-17-7-9-23-43(37)49-44)41-21-8-6-16-35(41)33-25-24-30-12-4-5-15-32(30)28-33/h1-29H. The largest absolute Gasteiger partial charge is 0.453 e. The van der Waals surface area contributed by atoms with Gasteiger partial charge in [0.15, 0.2) is 5.58 Å². The van der Waals surface area contributed by atoms with Crippen LogP contribution < -0.4 is 4.90 Å². The van der Waals surface area contributed by atoms with E-state index in [-0.39, 0.29) is 0 Å². The first-order valence-corrected chi connectivity index (χ1v) is 17.4. The van der Waals surface area contributed by atoms with Crippen LogP contribution >= 0.6 is 11.3 Å². The molecule has 2 nitrogen and oxygen atoms in total. The highest BCUT2D eigenvalue weighted by Crippen LogP contribution is 2.48. The van der Waals surface area contributed by atoms with Crippen molar-refractivity contribution in [3.63, 3.8) is 0 Å². The molecule has 0 bridgehead atoms. The highest BCUT2D eigenvalue weighted by molar-refractivity contribution is 7.25. The summed E-state index contributed by atoms with van der Waals surface area (Å²) in [6.07, 6.45) is 0. The Labute approximate surface area is 287 Å². The molecule has 0 aliphatic heterocycles. The van der Waals surface area contributed by atoms with E-state index >= 15 is 0 Å². The Balaban J connectivity index is 1.26. The van der Waals surface area contributed by atoms with Crippen molar-refractivity contribution in [1.82, 2.24) is 0 Å². The van der Waals surface area contributed by atoms with E-state index in [4.69, 9.17) is 4.42 Å². The maximum atomic E-state index is 7.00. The molecule has 0 aliphatic rings. The van der Waals surface area contributed by atoms with E-state index in [1.807, 2.05) is 11.3 Å². The molecule has 10 rings (SSSR count). The zero-order valence-electron chi connectivity index (χ0n) is 26.5. The number of para-hydroxylation sites is 3. The Kier molecular flexibility index (Phi) is 6.39. The van der Waals surface area contributed by atoms with E-state index in [9.17, 15) is 0 Å². The first kappa shape index (κ1) is 27.9. The van der Waals surface area contributed by atoms with Crippen molar-refractivity contribution in [1.29, 1.82) is 0 Å². The minimum absolute atomic E-state index is 0.865. The molecular formula is C46H29NOS. The molecule has 2 heterocycles. The topological polar surface area (TPSA) is 16.4 Å². The van der Waals surface area contributed by atoms with Crippen LogP contribution in [0.3, 0.4) is 0 Å². The molecule has 0 aliphatic carbocycles. The number of anilines is 3. The van der Waals surface area contributed by atoms with Crippen LogP contribution in [0, 0.1) is 0 Å². The van der Waals surface area contributed by atoms with E-state index in [0.717, 1.165) is 55.7 Å². The molecule has 0 fully saturated rings. The van der Waals surface area contributed by atoms with Gasteiger partial charge in [0.05, 0.1) is 11.4 Å². The molecule has 0 radical (unpaired) electrons. The fourth-order valence-corrected chi connectivity index (χ4v) is 8.44. The Hall–Kier alpha value is -6.16. The van der Waals surface area contributed by atoms with Gasteiger partial charge >= 0.3 is 0 Å². The molecule has 8 aromatic carbocycles. The lowest BCUT2D eigenvalue weighted by Gasteiger charge is -2.28. The smallest absolute Gasteiger partial charge is 0.159 e. The average Bonchev–Trinajstić information content (AvgIpc) is 3.74. The van der Waals surface area contributed by atoms with Crippen molar-refractivity contribution in [3.8, 4) is 22.3 Å². The second-order valence-corrected chi connectivity index (χ2v) is 13.6. The molecule has 0 saturated heterocycles. The number of fused-ring (bicyclic) bond motifs is 7. The lowest BCUT2D eigenvalue weighted by Crippen LogP contribution is -2.11. The molecule has 0 unspecified atom stereocenters. The molecular weight excluding hydrogens is 615 g/mol. The van der Waals surface area contributed by atoms with Gasteiger partial charge in [-0.2, -0.15) is 0 Å². The molecule has 0 amide bonds. The second-order valence-electron chi connectivity index (χ2n) is 12.5. The predicted octanol–water partition coefficient (Wildman–Crippen LogP) is 13.9. The van der Waals surface area contributed by atoms with Gasteiger partial charge in [0.2, 0.25) is 0 Å². The van der Waals surface area contributed by atoms with E-state index in [2.05, 4.69) is 181 Å². The van der Waals surface area contributed by atoms with Crippen molar-refractivity contribution >= 4 is 81.3 Å². The summed E-state index contributed by atoms with van der Waals surface area (Å²) < 4.78 is 9.58. The maximum absolute atomic E-state index is 7.00. The van der Waals surface area contributed by atoms with Gasteiger partial charge in [-0.3, -0.25) is 0 Å². The van der Waals surface area contributed by atoms with Crippen LogP contribution in [0.1, 0.15) is 0 Å². The maximum Gasteiger partial charge on any atom is 0.159 e. The third-order valence-corrected chi connectivity index (χ3v) is 10.8. The molecule has 49 heavy (non-hydrogen) atoms. The van der Waals surface area contributed by atoms with Crippen molar-refractivity contribution < 1.29 is 4.42 Å². The van der Waals surface area contributed by atoms with Crippen LogP contribution in [0.25, 0.3) is 75.1 Å². The summed E-state index contributed by atoms with van der Waals surface area (Å²) in [5.41, 5.74) is 9.50. The summed E-state index contributed by atoms with van der Waals surface area (Å²) >= 11 is 1.84. The Morgan fingerprint density at radius 3 is 1.98 bits per heavy atom. The lowest BCUT2D eigenvalue weighted by atomic mass is 9.98. The lowest BCUT2D eigenvalue weighted by molar-refractivity contribution is 0.670. The van der Waals surface area contributed by atoms with Crippen molar-refractivity contribution in [3.05, 3.63) is 176 Å². The van der Waals surface area contributed by atoms with E-state index in [1.54, 1.807) is 0 Å². The molecule has 0 spiro atoms. The molecule has 0 atom stereocenters. The SMILES string of the molecule is c1ccc(-c2cccc3c2oc2c(N(c4ccc5sc6ccccc6c5c4)c4ccccc4-c4ccc5ccccc5c4)cccc23)cc1. The highest BCUT2D eigenvalue weighted by Gasteiger charge is 2.23. The number of furan rings is 1. The van der Waals surface area contributed by atoms with E-state index < -0.39 is 0 Å². The second kappa shape index (κ2) is 11.2. The zero-order chi connectivity index (χ0) is 32.3. The number of hydrogen-bond acceptors (Lipinski definition) is 3. The number of rotatable bonds is 5. The molecule has 0 saturated carbocycles. The number of benzene rings is 8. The van der Waals surface area contributed by atoms with E-state index in [1.165, 1.54) is 36.5 Å². The quantitative estimate of drug-likeness (QED) is 0.186. The van der Waals surface area contributed by atoms with Crippen molar-refractivity contribution in [2.24, 2.45) is 0 Å². The summed E-state index contributed by atoms with van der Waals surface area (Å²) in [7, 11) is 0. The van der Waals surface area contributed by atoms with Crippen LogP contribution in [-0.4, -0.2) is 0 Å². The van der Waals surface area contributed by atoms with Crippen LogP contribution in [0.2, 0.25) is 0 Å². The zero-order valence-corrected chi connectivity index (χ0v) is 27.3. The van der Waals surface area contributed by atoms with Gasteiger partial charge in [-0.25, -0.2) is 0 Å². The van der Waals surface area contributed by atoms with Crippen LogP contribution in [0.15, 0.2) is 180 Å². The van der Waals surface area contributed by atoms with Crippen LogP contribution in [0.4, 0.5) is 17.1 Å².